The van der Waals surface area contributed by atoms with Crippen LogP contribution in [0.4, 0.5) is 11.4 Å². The summed E-state index contributed by atoms with van der Waals surface area (Å²) in [5.41, 5.74) is 3.90. The zero-order valence-corrected chi connectivity index (χ0v) is 13.6. The number of hydrogen-bond acceptors (Lipinski definition) is 3. The Bertz CT molecular complexity index is 686. The van der Waals surface area contributed by atoms with Gasteiger partial charge in [0.15, 0.2) is 0 Å². The van der Waals surface area contributed by atoms with E-state index in [1.165, 1.54) is 5.56 Å². The third-order valence-electron chi connectivity index (χ3n) is 3.40. The van der Waals surface area contributed by atoms with Crippen molar-refractivity contribution in [3.63, 3.8) is 0 Å². The Morgan fingerprint density at radius 2 is 1.82 bits per heavy atom. The molecule has 2 aromatic rings. The lowest BCUT2D eigenvalue weighted by Gasteiger charge is -2.10. The SMILES string of the molecule is COc1ccc(NCC(=O)Nc2ccc(C)c(C)c2)cc1Cl. The van der Waals surface area contributed by atoms with Crippen LogP contribution in [0, 0.1) is 13.8 Å². The van der Waals surface area contributed by atoms with Gasteiger partial charge in [0.25, 0.3) is 0 Å². The molecule has 0 radical (unpaired) electrons. The summed E-state index contributed by atoms with van der Waals surface area (Å²) in [5, 5.41) is 6.39. The van der Waals surface area contributed by atoms with Crippen LogP contribution in [-0.2, 0) is 4.79 Å². The van der Waals surface area contributed by atoms with Crippen LogP contribution in [0.25, 0.3) is 0 Å². The molecule has 0 heterocycles. The van der Waals surface area contributed by atoms with Gasteiger partial charge in [-0.3, -0.25) is 4.79 Å². The fourth-order valence-corrected chi connectivity index (χ4v) is 2.24. The lowest BCUT2D eigenvalue weighted by Crippen LogP contribution is -2.21. The first kappa shape index (κ1) is 16.2. The van der Waals surface area contributed by atoms with Gasteiger partial charge in [0.05, 0.1) is 18.7 Å². The molecule has 0 aromatic heterocycles. The number of aryl methyl sites for hydroxylation is 2. The molecule has 2 rings (SSSR count). The van der Waals surface area contributed by atoms with E-state index >= 15 is 0 Å². The molecule has 0 aliphatic carbocycles. The van der Waals surface area contributed by atoms with E-state index in [1.807, 2.05) is 38.1 Å². The number of carbonyl (C=O) groups is 1. The van der Waals surface area contributed by atoms with E-state index in [1.54, 1.807) is 19.2 Å². The van der Waals surface area contributed by atoms with Gasteiger partial charge in [0, 0.05) is 11.4 Å². The molecule has 0 unspecified atom stereocenters. The van der Waals surface area contributed by atoms with E-state index in [-0.39, 0.29) is 12.5 Å². The van der Waals surface area contributed by atoms with E-state index in [0.717, 1.165) is 16.9 Å². The Morgan fingerprint density at radius 3 is 2.45 bits per heavy atom. The van der Waals surface area contributed by atoms with Gasteiger partial charge in [-0.15, -0.1) is 0 Å². The number of ether oxygens (including phenoxy) is 1. The van der Waals surface area contributed by atoms with Gasteiger partial charge in [-0.2, -0.15) is 0 Å². The maximum atomic E-state index is 12.0. The molecule has 2 aromatic carbocycles. The van der Waals surface area contributed by atoms with Gasteiger partial charge in [-0.1, -0.05) is 17.7 Å². The molecule has 1 amide bonds. The predicted octanol–water partition coefficient (Wildman–Crippen LogP) is 4.02. The quantitative estimate of drug-likeness (QED) is 0.875. The Labute approximate surface area is 135 Å². The monoisotopic (exact) mass is 318 g/mol. The number of amides is 1. The van der Waals surface area contributed by atoms with Gasteiger partial charge in [0.2, 0.25) is 5.91 Å². The lowest BCUT2D eigenvalue weighted by atomic mass is 10.1. The summed E-state index contributed by atoms with van der Waals surface area (Å²) >= 11 is 6.04. The molecule has 4 nitrogen and oxygen atoms in total. The number of carbonyl (C=O) groups excluding carboxylic acids is 1. The summed E-state index contributed by atoms with van der Waals surface area (Å²) in [6.07, 6.45) is 0. The molecule has 0 aliphatic rings. The highest BCUT2D eigenvalue weighted by Crippen LogP contribution is 2.27. The van der Waals surface area contributed by atoms with Crippen LogP contribution in [0.1, 0.15) is 11.1 Å². The summed E-state index contributed by atoms with van der Waals surface area (Å²) in [6.45, 7) is 4.22. The molecule has 0 atom stereocenters. The minimum Gasteiger partial charge on any atom is -0.495 e. The second kappa shape index (κ2) is 7.18. The highest BCUT2D eigenvalue weighted by atomic mass is 35.5. The van der Waals surface area contributed by atoms with Crippen molar-refractivity contribution in [1.82, 2.24) is 0 Å². The molecule has 0 aliphatic heterocycles. The van der Waals surface area contributed by atoms with Crippen molar-refractivity contribution in [2.24, 2.45) is 0 Å². The van der Waals surface area contributed by atoms with Crippen LogP contribution in [0.3, 0.4) is 0 Å². The van der Waals surface area contributed by atoms with E-state index in [2.05, 4.69) is 10.6 Å². The summed E-state index contributed by atoms with van der Waals surface area (Å²) in [5.74, 6) is 0.488. The van der Waals surface area contributed by atoms with Crippen LogP contribution in [-0.4, -0.2) is 19.6 Å². The van der Waals surface area contributed by atoms with Crippen LogP contribution >= 0.6 is 11.6 Å². The topological polar surface area (TPSA) is 50.4 Å². The average Bonchev–Trinajstić information content (AvgIpc) is 2.49. The molecule has 0 saturated heterocycles. The number of benzene rings is 2. The minimum atomic E-state index is -0.116. The highest BCUT2D eigenvalue weighted by Gasteiger charge is 2.05. The van der Waals surface area contributed by atoms with Crippen molar-refractivity contribution in [2.45, 2.75) is 13.8 Å². The molecule has 0 bridgehead atoms. The van der Waals surface area contributed by atoms with Crippen molar-refractivity contribution in [1.29, 1.82) is 0 Å². The maximum Gasteiger partial charge on any atom is 0.243 e. The molecule has 0 spiro atoms. The smallest absolute Gasteiger partial charge is 0.243 e. The molecule has 2 N–H and O–H groups in total. The summed E-state index contributed by atoms with van der Waals surface area (Å²) in [6, 6.07) is 11.1. The second-order valence-corrected chi connectivity index (χ2v) is 5.46. The normalized spacial score (nSPS) is 10.2. The number of halogens is 1. The van der Waals surface area contributed by atoms with Crippen molar-refractivity contribution < 1.29 is 9.53 Å². The number of rotatable bonds is 5. The third-order valence-corrected chi connectivity index (χ3v) is 3.69. The van der Waals surface area contributed by atoms with Crippen LogP contribution in [0.15, 0.2) is 36.4 Å². The Morgan fingerprint density at radius 1 is 1.09 bits per heavy atom. The highest BCUT2D eigenvalue weighted by molar-refractivity contribution is 6.32. The van der Waals surface area contributed by atoms with Gasteiger partial charge >= 0.3 is 0 Å². The Kier molecular flexibility index (Phi) is 5.28. The Balaban J connectivity index is 1.92. The molecule has 22 heavy (non-hydrogen) atoms. The van der Waals surface area contributed by atoms with Crippen LogP contribution in [0.2, 0.25) is 5.02 Å². The number of nitrogens with one attached hydrogen (secondary N) is 2. The molecular formula is C17H19ClN2O2. The zero-order chi connectivity index (χ0) is 16.1. The maximum absolute atomic E-state index is 12.0. The number of anilines is 2. The van der Waals surface area contributed by atoms with Crippen LogP contribution in [0.5, 0.6) is 5.75 Å². The van der Waals surface area contributed by atoms with Crippen molar-refractivity contribution in [3.05, 3.63) is 52.5 Å². The van der Waals surface area contributed by atoms with Crippen molar-refractivity contribution in [2.75, 3.05) is 24.3 Å². The van der Waals surface area contributed by atoms with Crippen LogP contribution < -0.4 is 15.4 Å². The first-order chi connectivity index (χ1) is 10.5. The predicted molar refractivity (Wildman–Crippen MR) is 91.0 cm³/mol. The van der Waals surface area contributed by atoms with Gasteiger partial charge < -0.3 is 15.4 Å². The van der Waals surface area contributed by atoms with Crippen molar-refractivity contribution >= 4 is 28.9 Å². The van der Waals surface area contributed by atoms with Crippen molar-refractivity contribution in [3.8, 4) is 5.75 Å². The second-order valence-electron chi connectivity index (χ2n) is 5.05. The summed E-state index contributed by atoms with van der Waals surface area (Å²) in [4.78, 5) is 12.0. The van der Waals surface area contributed by atoms with Gasteiger partial charge in [0.1, 0.15) is 5.75 Å². The van der Waals surface area contributed by atoms with Gasteiger partial charge in [-0.25, -0.2) is 0 Å². The molecule has 0 fully saturated rings. The van der Waals surface area contributed by atoms with Gasteiger partial charge in [-0.05, 0) is 55.3 Å². The zero-order valence-electron chi connectivity index (χ0n) is 12.9. The number of methoxy groups -OCH3 is 1. The average molecular weight is 319 g/mol. The fourth-order valence-electron chi connectivity index (χ4n) is 1.98. The van der Waals surface area contributed by atoms with E-state index in [9.17, 15) is 4.79 Å². The largest absolute Gasteiger partial charge is 0.495 e. The van der Waals surface area contributed by atoms with E-state index in [4.69, 9.17) is 16.3 Å². The standard InChI is InChI=1S/C17H19ClN2O2/c1-11-4-5-14(8-12(11)2)20-17(21)10-19-13-6-7-16(22-3)15(18)9-13/h4-9,19H,10H2,1-3H3,(H,20,21). The number of hydrogen-bond donors (Lipinski definition) is 2. The first-order valence-corrected chi connectivity index (χ1v) is 7.32. The summed E-state index contributed by atoms with van der Waals surface area (Å²) < 4.78 is 5.09. The fraction of sp³-hybridized carbons (Fsp3) is 0.235. The molecular weight excluding hydrogens is 300 g/mol. The summed E-state index contributed by atoms with van der Waals surface area (Å²) in [7, 11) is 1.56. The molecule has 0 saturated carbocycles. The third kappa shape index (κ3) is 4.15. The van der Waals surface area contributed by atoms with E-state index in [0.29, 0.717) is 10.8 Å². The van der Waals surface area contributed by atoms with E-state index < -0.39 is 0 Å². The first-order valence-electron chi connectivity index (χ1n) is 6.94. The molecule has 5 heteroatoms. The Hall–Kier alpha value is -2.20. The lowest BCUT2D eigenvalue weighted by molar-refractivity contribution is -0.114. The minimum absolute atomic E-state index is 0.116. The molecule has 116 valence electrons.